The summed E-state index contributed by atoms with van der Waals surface area (Å²) in [5, 5.41) is 7.27. The number of hydrogen-bond donors (Lipinski definition) is 1. The molecule has 4 rings (SSSR count). The lowest BCUT2D eigenvalue weighted by atomic mass is 10.2. The van der Waals surface area contributed by atoms with E-state index in [9.17, 15) is 14.0 Å². The van der Waals surface area contributed by atoms with Gasteiger partial charge in [-0.3, -0.25) is 14.2 Å². The molecule has 0 saturated carbocycles. The molecule has 1 aromatic carbocycles. The number of halogens is 2. The number of carbonyl (C=O) groups excluding carboxylic acids is 1. The molecule has 4 aromatic rings. The third kappa shape index (κ3) is 4.41. The molecule has 3 heterocycles. The fraction of sp³-hybridized carbons (Fsp3) is 0.190. The zero-order valence-corrected chi connectivity index (χ0v) is 19.7. The Kier molecular flexibility index (Phi) is 6.47. The highest BCUT2D eigenvalue weighted by Gasteiger charge is 2.22. The maximum Gasteiger partial charge on any atom is 0.263 e. The van der Waals surface area contributed by atoms with Gasteiger partial charge in [0.1, 0.15) is 10.6 Å². The van der Waals surface area contributed by atoms with Crippen molar-refractivity contribution in [1.29, 1.82) is 0 Å². The van der Waals surface area contributed by atoms with Crippen LogP contribution in [0.15, 0.2) is 51.0 Å². The van der Waals surface area contributed by atoms with Crippen molar-refractivity contribution in [2.75, 3.05) is 5.32 Å². The van der Waals surface area contributed by atoms with Gasteiger partial charge in [0, 0.05) is 22.4 Å². The molecule has 160 valence electrons. The molecule has 0 radical (unpaired) electrons. The molecular weight excluding hydrogens is 477 g/mol. The standard InChI is InChI=1S/C21H17ClFN3O2S3/c1-3-26-20(28)17-13(16-5-4-8-29-16)10-30-19(17)25-21(26)31-11(2)18(27)24-15-7-6-12(23)9-14(15)22/h4-11H,3H2,1-2H3,(H,24,27). The first kappa shape index (κ1) is 22.0. The molecular formula is C21H17ClFN3O2S3. The molecule has 1 amide bonds. The third-order valence-corrected chi connectivity index (χ3v) is 7.78. The molecule has 0 fully saturated rings. The van der Waals surface area contributed by atoms with Crippen molar-refractivity contribution in [2.45, 2.75) is 30.8 Å². The fourth-order valence-electron chi connectivity index (χ4n) is 3.02. The Morgan fingerprint density at radius 2 is 2.16 bits per heavy atom. The van der Waals surface area contributed by atoms with Crippen molar-refractivity contribution in [3.63, 3.8) is 0 Å². The van der Waals surface area contributed by atoms with E-state index in [1.165, 1.54) is 35.2 Å². The van der Waals surface area contributed by atoms with Crippen molar-refractivity contribution in [2.24, 2.45) is 0 Å². The number of benzene rings is 1. The van der Waals surface area contributed by atoms with Crippen LogP contribution in [0, 0.1) is 5.82 Å². The van der Waals surface area contributed by atoms with Gasteiger partial charge in [-0.05, 0) is 43.5 Å². The first-order valence-electron chi connectivity index (χ1n) is 9.37. The number of thioether (sulfide) groups is 1. The molecule has 0 bridgehead atoms. The summed E-state index contributed by atoms with van der Waals surface area (Å²) in [5.41, 5.74) is 1.10. The summed E-state index contributed by atoms with van der Waals surface area (Å²) >= 11 is 10.2. The largest absolute Gasteiger partial charge is 0.324 e. The van der Waals surface area contributed by atoms with E-state index in [0.717, 1.165) is 16.5 Å². The van der Waals surface area contributed by atoms with Crippen LogP contribution in [0.3, 0.4) is 0 Å². The topological polar surface area (TPSA) is 64.0 Å². The van der Waals surface area contributed by atoms with Gasteiger partial charge in [-0.15, -0.1) is 22.7 Å². The highest BCUT2D eigenvalue weighted by Crippen LogP contribution is 2.35. The Bertz CT molecular complexity index is 1320. The number of hydrogen-bond acceptors (Lipinski definition) is 6. The second kappa shape index (κ2) is 9.12. The molecule has 0 aliphatic heterocycles. The van der Waals surface area contributed by atoms with Crippen LogP contribution >= 0.6 is 46.0 Å². The molecule has 0 spiro atoms. The summed E-state index contributed by atoms with van der Waals surface area (Å²) in [6, 6.07) is 7.72. The predicted octanol–water partition coefficient (Wildman–Crippen LogP) is 6.12. The van der Waals surface area contributed by atoms with Gasteiger partial charge in [-0.2, -0.15) is 0 Å². The van der Waals surface area contributed by atoms with Crippen LogP contribution in [0.25, 0.3) is 20.7 Å². The van der Waals surface area contributed by atoms with Gasteiger partial charge in [-0.1, -0.05) is 29.4 Å². The van der Waals surface area contributed by atoms with Crippen molar-refractivity contribution >= 4 is 67.8 Å². The van der Waals surface area contributed by atoms with Gasteiger partial charge in [0.15, 0.2) is 5.16 Å². The molecule has 5 nitrogen and oxygen atoms in total. The van der Waals surface area contributed by atoms with Crippen molar-refractivity contribution < 1.29 is 9.18 Å². The van der Waals surface area contributed by atoms with E-state index < -0.39 is 11.1 Å². The minimum absolute atomic E-state index is 0.117. The zero-order valence-electron chi connectivity index (χ0n) is 16.5. The Balaban J connectivity index is 1.63. The minimum Gasteiger partial charge on any atom is -0.324 e. The van der Waals surface area contributed by atoms with Crippen LogP contribution in [0.2, 0.25) is 5.02 Å². The number of nitrogens with one attached hydrogen (secondary N) is 1. The number of carbonyl (C=O) groups is 1. The van der Waals surface area contributed by atoms with Gasteiger partial charge in [0.2, 0.25) is 5.91 Å². The van der Waals surface area contributed by atoms with Crippen LogP contribution in [0.1, 0.15) is 13.8 Å². The molecule has 0 aliphatic carbocycles. The molecule has 31 heavy (non-hydrogen) atoms. The van der Waals surface area contributed by atoms with E-state index in [1.54, 1.807) is 22.8 Å². The first-order chi connectivity index (χ1) is 14.9. The molecule has 0 aliphatic rings. The summed E-state index contributed by atoms with van der Waals surface area (Å²) in [6.45, 7) is 4.03. The third-order valence-electron chi connectivity index (χ3n) is 4.60. The number of thiophene rings is 2. The van der Waals surface area contributed by atoms with Crippen LogP contribution in [-0.2, 0) is 11.3 Å². The lowest BCUT2D eigenvalue weighted by molar-refractivity contribution is -0.115. The van der Waals surface area contributed by atoms with E-state index >= 15 is 0 Å². The molecule has 1 unspecified atom stereocenters. The Morgan fingerprint density at radius 3 is 2.84 bits per heavy atom. The quantitative estimate of drug-likeness (QED) is 0.259. The predicted molar refractivity (Wildman–Crippen MR) is 128 cm³/mol. The normalized spacial score (nSPS) is 12.3. The minimum atomic E-state index is -0.556. The number of fused-ring (bicyclic) bond motifs is 1. The molecule has 10 heteroatoms. The van der Waals surface area contributed by atoms with E-state index in [0.29, 0.717) is 27.6 Å². The lowest BCUT2D eigenvalue weighted by Crippen LogP contribution is -2.26. The first-order valence-corrected chi connectivity index (χ1v) is 12.4. The van der Waals surface area contributed by atoms with Crippen LogP contribution in [0.5, 0.6) is 0 Å². The Hall–Kier alpha value is -2.20. The van der Waals surface area contributed by atoms with Gasteiger partial charge in [-0.25, -0.2) is 9.37 Å². The molecule has 1 atom stereocenters. The summed E-state index contributed by atoms with van der Waals surface area (Å²) in [4.78, 5) is 32.3. The van der Waals surface area contributed by atoms with Crippen molar-refractivity contribution in [3.8, 4) is 10.4 Å². The summed E-state index contributed by atoms with van der Waals surface area (Å²) in [5.74, 6) is -0.797. The number of rotatable bonds is 6. The number of anilines is 1. The van der Waals surface area contributed by atoms with E-state index in [4.69, 9.17) is 11.6 Å². The van der Waals surface area contributed by atoms with Gasteiger partial charge in [0.05, 0.1) is 21.3 Å². The van der Waals surface area contributed by atoms with E-state index in [-0.39, 0.29) is 16.5 Å². The highest BCUT2D eigenvalue weighted by molar-refractivity contribution is 8.00. The number of amides is 1. The smallest absolute Gasteiger partial charge is 0.263 e. The number of aromatic nitrogens is 2. The van der Waals surface area contributed by atoms with E-state index in [2.05, 4.69) is 10.3 Å². The lowest BCUT2D eigenvalue weighted by Gasteiger charge is -2.15. The second-order valence-electron chi connectivity index (χ2n) is 6.62. The summed E-state index contributed by atoms with van der Waals surface area (Å²) < 4.78 is 14.8. The van der Waals surface area contributed by atoms with E-state index in [1.807, 2.05) is 29.8 Å². The maximum absolute atomic E-state index is 13.2. The van der Waals surface area contributed by atoms with Crippen LogP contribution in [-0.4, -0.2) is 20.7 Å². The van der Waals surface area contributed by atoms with Gasteiger partial charge < -0.3 is 5.32 Å². The summed E-state index contributed by atoms with van der Waals surface area (Å²) in [6.07, 6.45) is 0. The monoisotopic (exact) mass is 493 g/mol. The van der Waals surface area contributed by atoms with Gasteiger partial charge >= 0.3 is 0 Å². The number of nitrogens with zero attached hydrogens (tertiary/aromatic N) is 2. The molecule has 0 saturated heterocycles. The fourth-order valence-corrected chi connectivity index (χ4v) is 6.01. The van der Waals surface area contributed by atoms with Crippen molar-refractivity contribution in [3.05, 3.63) is 62.3 Å². The average Bonchev–Trinajstić information content (AvgIpc) is 3.40. The van der Waals surface area contributed by atoms with Crippen LogP contribution < -0.4 is 10.9 Å². The Labute approximate surface area is 194 Å². The van der Waals surface area contributed by atoms with Crippen LogP contribution in [0.4, 0.5) is 10.1 Å². The van der Waals surface area contributed by atoms with Gasteiger partial charge in [0.25, 0.3) is 5.56 Å². The summed E-state index contributed by atoms with van der Waals surface area (Å²) in [7, 11) is 0. The zero-order chi connectivity index (χ0) is 22.1. The molecule has 3 aromatic heterocycles. The SMILES string of the molecule is CCn1c(SC(C)C(=O)Nc2ccc(F)cc2Cl)nc2scc(-c3cccs3)c2c1=O. The molecule has 1 N–H and O–H groups in total. The maximum atomic E-state index is 13.2. The van der Waals surface area contributed by atoms with Crippen molar-refractivity contribution in [1.82, 2.24) is 9.55 Å². The highest BCUT2D eigenvalue weighted by atomic mass is 35.5. The Morgan fingerprint density at radius 1 is 1.35 bits per heavy atom. The second-order valence-corrected chi connectivity index (χ2v) is 10.1. The average molecular weight is 494 g/mol.